The second kappa shape index (κ2) is 6.51. The molecular weight excluding hydrogens is 328 g/mol. The summed E-state index contributed by atoms with van der Waals surface area (Å²) in [7, 11) is 0. The van der Waals surface area contributed by atoms with Crippen LogP contribution >= 0.6 is 22.9 Å². The monoisotopic (exact) mass is 344 g/mol. The summed E-state index contributed by atoms with van der Waals surface area (Å²) in [4.78, 5) is 18.1. The molecule has 0 radical (unpaired) electrons. The van der Waals surface area contributed by atoms with Crippen molar-refractivity contribution in [3.8, 4) is 11.4 Å². The third kappa shape index (κ3) is 3.37. The first-order valence-corrected chi connectivity index (χ1v) is 9.07. The molecule has 4 nitrogen and oxygen atoms in total. The summed E-state index contributed by atoms with van der Waals surface area (Å²) in [5, 5.41) is 1.58. The van der Waals surface area contributed by atoms with Crippen LogP contribution in [0.2, 0.25) is 5.15 Å². The van der Waals surface area contributed by atoms with Crippen molar-refractivity contribution in [2.45, 2.75) is 25.8 Å². The highest BCUT2D eigenvalue weighted by Gasteiger charge is 2.13. The van der Waals surface area contributed by atoms with Gasteiger partial charge < -0.3 is 0 Å². The molecule has 0 N–H and O–H groups in total. The van der Waals surface area contributed by atoms with Crippen molar-refractivity contribution >= 4 is 33.2 Å². The van der Waals surface area contributed by atoms with Gasteiger partial charge in [0.1, 0.15) is 9.98 Å². The third-order valence-electron chi connectivity index (χ3n) is 4.14. The summed E-state index contributed by atoms with van der Waals surface area (Å²) in [6.45, 7) is 3.44. The molecule has 6 heteroatoms. The third-order valence-corrected chi connectivity index (χ3v) is 5.37. The largest absolute Gasteiger partial charge is 0.298 e. The molecule has 1 saturated heterocycles. The lowest BCUT2D eigenvalue weighted by molar-refractivity contribution is 0.223. The first-order valence-electron chi connectivity index (χ1n) is 7.88. The van der Waals surface area contributed by atoms with Crippen LogP contribution in [0.3, 0.4) is 0 Å². The van der Waals surface area contributed by atoms with E-state index in [9.17, 15) is 0 Å². The van der Waals surface area contributed by atoms with E-state index < -0.39 is 0 Å². The van der Waals surface area contributed by atoms with Crippen LogP contribution in [0, 0.1) is 0 Å². The van der Waals surface area contributed by atoms with Crippen LogP contribution in [-0.2, 0) is 6.54 Å². The highest BCUT2D eigenvalue weighted by Crippen LogP contribution is 2.28. The molecule has 0 amide bonds. The van der Waals surface area contributed by atoms with Gasteiger partial charge in [-0.3, -0.25) is 4.90 Å². The number of aromatic nitrogens is 3. The molecule has 0 bridgehead atoms. The average molecular weight is 345 g/mol. The second-order valence-corrected chi connectivity index (χ2v) is 7.37. The lowest BCUT2D eigenvalue weighted by Crippen LogP contribution is -2.28. The molecule has 0 aromatic carbocycles. The minimum absolute atomic E-state index is 0.461. The molecule has 0 atom stereocenters. The number of fused-ring (bicyclic) bond motifs is 1. The molecule has 0 unspecified atom stereocenters. The number of piperidine rings is 1. The Bertz CT molecular complexity index is 826. The van der Waals surface area contributed by atoms with Gasteiger partial charge in [-0.2, -0.15) is 0 Å². The summed E-state index contributed by atoms with van der Waals surface area (Å²) in [6, 6.07) is 5.90. The van der Waals surface area contributed by atoms with Crippen LogP contribution in [0.1, 0.15) is 24.1 Å². The van der Waals surface area contributed by atoms with Crippen LogP contribution in [0.15, 0.2) is 30.6 Å². The number of pyridine rings is 1. The number of hydrogen-bond donors (Lipinski definition) is 0. The van der Waals surface area contributed by atoms with Crippen molar-refractivity contribution in [2.75, 3.05) is 13.1 Å². The smallest absolute Gasteiger partial charge is 0.160 e. The van der Waals surface area contributed by atoms with E-state index >= 15 is 0 Å². The molecule has 1 aliphatic heterocycles. The summed E-state index contributed by atoms with van der Waals surface area (Å²) in [6.07, 6.45) is 7.59. The van der Waals surface area contributed by atoms with E-state index in [2.05, 4.69) is 20.9 Å². The Morgan fingerprint density at radius 3 is 2.83 bits per heavy atom. The maximum atomic E-state index is 5.96. The second-order valence-electron chi connectivity index (χ2n) is 5.87. The molecule has 3 aromatic rings. The highest BCUT2D eigenvalue weighted by atomic mass is 35.5. The molecule has 118 valence electrons. The van der Waals surface area contributed by atoms with Crippen molar-refractivity contribution < 1.29 is 0 Å². The van der Waals surface area contributed by atoms with Gasteiger partial charge in [0.05, 0.1) is 0 Å². The molecule has 1 aliphatic rings. The minimum atomic E-state index is 0.461. The summed E-state index contributed by atoms with van der Waals surface area (Å²) < 4.78 is 0. The van der Waals surface area contributed by atoms with Crippen LogP contribution in [0.4, 0.5) is 0 Å². The Labute approximate surface area is 144 Å². The van der Waals surface area contributed by atoms with Gasteiger partial charge in [-0.05, 0) is 44.1 Å². The molecule has 0 aliphatic carbocycles. The SMILES string of the molecule is Clc1cc(-c2ncc3cc(CN4CCCCC4)sc3n2)ccn1. The van der Waals surface area contributed by atoms with Gasteiger partial charge in [0.15, 0.2) is 5.82 Å². The van der Waals surface area contributed by atoms with E-state index in [1.807, 2.05) is 12.3 Å². The van der Waals surface area contributed by atoms with Gasteiger partial charge in [0.2, 0.25) is 0 Å². The Kier molecular flexibility index (Phi) is 4.25. The first-order chi connectivity index (χ1) is 11.3. The molecule has 0 spiro atoms. The maximum absolute atomic E-state index is 5.96. The van der Waals surface area contributed by atoms with Gasteiger partial charge in [-0.1, -0.05) is 18.0 Å². The number of likely N-dealkylation sites (tertiary alicyclic amines) is 1. The molecular formula is C17H17ClN4S. The van der Waals surface area contributed by atoms with Crippen molar-refractivity contribution in [1.82, 2.24) is 19.9 Å². The Balaban J connectivity index is 1.61. The quantitative estimate of drug-likeness (QED) is 0.661. The zero-order chi connectivity index (χ0) is 15.6. The summed E-state index contributed by atoms with van der Waals surface area (Å²) in [5.41, 5.74) is 0.901. The van der Waals surface area contributed by atoms with E-state index in [1.54, 1.807) is 23.6 Å². The zero-order valence-corrected chi connectivity index (χ0v) is 14.3. The van der Waals surface area contributed by atoms with E-state index in [1.165, 1.54) is 37.2 Å². The number of thiophene rings is 1. The van der Waals surface area contributed by atoms with Crippen LogP contribution in [-0.4, -0.2) is 32.9 Å². The molecule has 4 rings (SSSR count). The number of rotatable bonds is 3. The van der Waals surface area contributed by atoms with E-state index in [4.69, 9.17) is 16.6 Å². The molecule has 1 fully saturated rings. The molecule has 23 heavy (non-hydrogen) atoms. The number of nitrogens with zero attached hydrogens (tertiary/aromatic N) is 4. The van der Waals surface area contributed by atoms with Gasteiger partial charge >= 0.3 is 0 Å². The summed E-state index contributed by atoms with van der Waals surface area (Å²) >= 11 is 7.72. The van der Waals surface area contributed by atoms with E-state index in [0.29, 0.717) is 11.0 Å². The highest BCUT2D eigenvalue weighted by molar-refractivity contribution is 7.18. The van der Waals surface area contributed by atoms with Crippen LogP contribution in [0.5, 0.6) is 0 Å². The van der Waals surface area contributed by atoms with Crippen LogP contribution in [0.25, 0.3) is 21.6 Å². The Morgan fingerprint density at radius 2 is 2.00 bits per heavy atom. The number of halogens is 1. The topological polar surface area (TPSA) is 41.9 Å². The molecule has 3 aromatic heterocycles. The molecule has 4 heterocycles. The molecule has 0 saturated carbocycles. The Hall–Kier alpha value is -1.56. The fourth-order valence-electron chi connectivity index (χ4n) is 2.98. The predicted octanol–water partition coefficient (Wildman–Crippen LogP) is 4.39. The van der Waals surface area contributed by atoms with Crippen LogP contribution < -0.4 is 0 Å². The van der Waals surface area contributed by atoms with Gasteiger partial charge in [-0.25, -0.2) is 15.0 Å². The average Bonchev–Trinajstić information content (AvgIpc) is 2.97. The van der Waals surface area contributed by atoms with Gasteiger partial charge in [0, 0.05) is 34.8 Å². The van der Waals surface area contributed by atoms with E-state index in [-0.39, 0.29) is 0 Å². The summed E-state index contributed by atoms with van der Waals surface area (Å²) in [5.74, 6) is 0.702. The van der Waals surface area contributed by atoms with Crippen molar-refractivity contribution in [3.05, 3.63) is 40.6 Å². The first kappa shape index (κ1) is 15.0. The van der Waals surface area contributed by atoms with Gasteiger partial charge in [0.25, 0.3) is 0 Å². The Morgan fingerprint density at radius 1 is 1.13 bits per heavy atom. The fraction of sp³-hybridized carbons (Fsp3) is 0.353. The van der Waals surface area contributed by atoms with Crippen molar-refractivity contribution in [3.63, 3.8) is 0 Å². The van der Waals surface area contributed by atoms with Crippen molar-refractivity contribution in [1.29, 1.82) is 0 Å². The van der Waals surface area contributed by atoms with Gasteiger partial charge in [-0.15, -0.1) is 11.3 Å². The maximum Gasteiger partial charge on any atom is 0.160 e. The number of hydrogen-bond acceptors (Lipinski definition) is 5. The lowest BCUT2D eigenvalue weighted by atomic mass is 10.1. The normalized spacial score (nSPS) is 16.0. The minimum Gasteiger partial charge on any atom is -0.298 e. The van der Waals surface area contributed by atoms with E-state index in [0.717, 1.165) is 22.3 Å². The zero-order valence-electron chi connectivity index (χ0n) is 12.7. The fourth-order valence-corrected chi connectivity index (χ4v) is 4.20. The lowest BCUT2D eigenvalue weighted by Gasteiger charge is -2.25. The standard InChI is InChI=1S/C17H17ClN4S/c18-15-9-12(4-5-19-15)16-20-10-13-8-14(23-17(13)21-16)11-22-6-2-1-3-7-22/h4-5,8-10H,1-3,6-7,11H2. The van der Waals surface area contributed by atoms with Crippen molar-refractivity contribution in [2.24, 2.45) is 0 Å². The predicted molar refractivity (Wildman–Crippen MR) is 94.8 cm³/mol.